The van der Waals surface area contributed by atoms with Gasteiger partial charge in [-0.3, -0.25) is 9.59 Å². The summed E-state index contributed by atoms with van der Waals surface area (Å²) in [6.07, 6.45) is 1.58. The molecule has 2 N–H and O–H groups in total. The van der Waals surface area contributed by atoms with E-state index < -0.39 is 12.0 Å². The highest BCUT2D eigenvalue weighted by atomic mass is 32.1. The van der Waals surface area contributed by atoms with Crippen LogP contribution in [0, 0.1) is 0 Å². The summed E-state index contributed by atoms with van der Waals surface area (Å²) in [5.74, 6) is -1.13. The molecule has 0 fully saturated rings. The number of imidazole rings is 1. The fraction of sp³-hybridized carbons (Fsp3) is 0.0667. The minimum absolute atomic E-state index is 0.0738. The molecule has 0 aliphatic heterocycles. The van der Waals surface area contributed by atoms with E-state index in [1.807, 2.05) is 94.9 Å². The van der Waals surface area contributed by atoms with Crippen LogP contribution in [-0.4, -0.2) is 31.5 Å². The lowest BCUT2D eigenvalue weighted by molar-refractivity contribution is -0.137. The van der Waals surface area contributed by atoms with Crippen molar-refractivity contribution in [3.63, 3.8) is 0 Å². The minimum Gasteiger partial charge on any atom is -0.481 e. The molecule has 1 atom stereocenters. The van der Waals surface area contributed by atoms with Crippen LogP contribution in [0.3, 0.4) is 0 Å². The summed E-state index contributed by atoms with van der Waals surface area (Å²) < 4.78 is 1.87. The summed E-state index contributed by atoms with van der Waals surface area (Å²) in [5, 5.41) is 15.3. The van der Waals surface area contributed by atoms with E-state index in [9.17, 15) is 14.7 Å². The summed E-state index contributed by atoms with van der Waals surface area (Å²) in [5.41, 5.74) is 4.97. The van der Waals surface area contributed by atoms with E-state index in [1.54, 1.807) is 23.7 Å². The first kappa shape index (κ1) is 23.6. The molecule has 0 radical (unpaired) electrons. The largest absolute Gasteiger partial charge is 0.481 e. The minimum atomic E-state index is -0.893. The molecule has 0 saturated heterocycles. The Balaban J connectivity index is 1.34. The topological polar surface area (TPSA) is 97.1 Å². The normalized spacial score (nSPS) is 12.0. The average Bonchev–Trinajstić information content (AvgIpc) is 3.62. The molecule has 0 aliphatic rings. The predicted molar refractivity (Wildman–Crippen MR) is 150 cm³/mol. The Bertz CT molecular complexity index is 1780. The Labute approximate surface area is 222 Å². The number of nitrogens with one attached hydrogen (secondary N) is 1. The quantitative estimate of drug-likeness (QED) is 0.247. The van der Waals surface area contributed by atoms with Gasteiger partial charge in [-0.15, -0.1) is 11.3 Å². The number of aromatic nitrogens is 3. The average molecular weight is 519 g/mol. The highest BCUT2D eigenvalue weighted by Gasteiger charge is 2.20. The number of pyridine rings is 1. The molecule has 0 spiro atoms. The van der Waals surface area contributed by atoms with Crippen molar-refractivity contribution >= 4 is 50.8 Å². The Kier molecular flexibility index (Phi) is 6.15. The number of hydrogen-bond donors (Lipinski definition) is 2. The molecule has 186 valence electrons. The molecule has 0 saturated carbocycles. The molecule has 1 unspecified atom stereocenters. The van der Waals surface area contributed by atoms with Crippen molar-refractivity contribution in [2.75, 3.05) is 5.32 Å². The van der Waals surface area contributed by atoms with Gasteiger partial charge in [-0.2, -0.15) is 0 Å². The smallest absolute Gasteiger partial charge is 0.305 e. The lowest BCUT2D eigenvalue weighted by Crippen LogP contribution is -2.14. The number of carbonyl (C=O) groups excluding carboxylic acids is 1. The summed E-state index contributed by atoms with van der Waals surface area (Å²) >= 11 is 1.58. The van der Waals surface area contributed by atoms with Gasteiger partial charge in [-0.25, -0.2) is 9.97 Å². The van der Waals surface area contributed by atoms with Crippen molar-refractivity contribution < 1.29 is 14.7 Å². The zero-order chi connectivity index (χ0) is 26.1. The van der Waals surface area contributed by atoms with Gasteiger partial charge in [0.15, 0.2) is 0 Å². The van der Waals surface area contributed by atoms with Gasteiger partial charge in [-0.1, -0.05) is 54.6 Å². The van der Waals surface area contributed by atoms with Crippen LogP contribution >= 0.6 is 11.3 Å². The predicted octanol–water partition coefficient (Wildman–Crippen LogP) is 6.63. The Hall–Kier alpha value is -4.82. The number of carboxylic acids is 1. The van der Waals surface area contributed by atoms with Crippen LogP contribution in [0.2, 0.25) is 0 Å². The van der Waals surface area contributed by atoms with Gasteiger partial charge in [0.2, 0.25) is 0 Å². The lowest BCUT2D eigenvalue weighted by Gasteiger charge is -2.18. The number of hydrogen-bond acceptors (Lipinski definition) is 5. The number of rotatable bonds is 7. The van der Waals surface area contributed by atoms with Crippen molar-refractivity contribution in [2.45, 2.75) is 12.5 Å². The Morgan fingerprint density at radius 2 is 1.74 bits per heavy atom. The summed E-state index contributed by atoms with van der Waals surface area (Å²) in [4.78, 5) is 35.4. The van der Waals surface area contributed by atoms with E-state index in [2.05, 4.69) is 10.3 Å². The van der Waals surface area contributed by atoms with Crippen LogP contribution < -0.4 is 5.32 Å². The second-order valence-corrected chi connectivity index (χ2v) is 9.83. The number of anilines is 1. The standard InChI is InChI=1S/C30H22N4O3S/c35-29(36)17-27(19-7-2-1-3-8-19)34-18-31-24-15-20(12-13-26(24)34)32-30(37)22-16-25(28-11-6-14-38-28)33-23-10-5-4-9-21(22)23/h1-16,18,27H,17H2,(H,32,37)(H,35,36). The molecule has 7 nitrogen and oxygen atoms in total. The molecule has 1 amide bonds. The molecular formula is C30H22N4O3S. The Morgan fingerprint density at radius 1 is 0.921 bits per heavy atom. The zero-order valence-electron chi connectivity index (χ0n) is 20.1. The number of carbonyl (C=O) groups is 2. The number of nitrogens with zero attached hydrogens (tertiary/aromatic N) is 3. The third-order valence-electron chi connectivity index (χ3n) is 6.46. The molecule has 3 heterocycles. The van der Waals surface area contributed by atoms with E-state index in [-0.39, 0.29) is 12.3 Å². The number of carboxylic acid groups (broad SMARTS) is 1. The van der Waals surface area contributed by atoms with Gasteiger partial charge in [0.25, 0.3) is 5.91 Å². The van der Waals surface area contributed by atoms with Gasteiger partial charge >= 0.3 is 5.97 Å². The second-order valence-electron chi connectivity index (χ2n) is 8.88. The second kappa shape index (κ2) is 9.91. The zero-order valence-corrected chi connectivity index (χ0v) is 20.9. The van der Waals surface area contributed by atoms with Crippen molar-refractivity contribution in [1.29, 1.82) is 0 Å². The van der Waals surface area contributed by atoms with Crippen LogP contribution in [0.4, 0.5) is 5.69 Å². The van der Waals surface area contributed by atoms with Crippen LogP contribution in [-0.2, 0) is 4.79 Å². The van der Waals surface area contributed by atoms with Gasteiger partial charge in [0, 0.05) is 11.1 Å². The monoisotopic (exact) mass is 518 g/mol. The van der Waals surface area contributed by atoms with E-state index in [4.69, 9.17) is 4.98 Å². The highest BCUT2D eigenvalue weighted by Crippen LogP contribution is 2.30. The van der Waals surface area contributed by atoms with E-state index in [0.717, 1.165) is 32.6 Å². The first-order chi connectivity index (χ1) is 18.6. The third-order valence-corrected chi connectivity index (χ3v) is 7.35. The molecule has 8 heteroatoms. The maximum atomic E-state index is 13.5. The number of thiophene rings is 1. The molecule has 6 aromatic rings. The summed E-state index contributed by atoms with van der Waals surface area (Å²) in [7, 11) is 0. The Morgan fingerprint density at radius 3 is 2.53 bits per heavy atom. The van der Waals surface area contributed by atoms with E-state index >= 15 is 0 Å². The molecule has 38 heavy (non-hydrogen) atoms. The molecule has 3 aromatic carbocycles. The summed E-state index contributed by atoms with van der Waals surface area (Å²) in [6.45, 7) is 0. The third kappa shape index (κ3) is 4.53. The maximum Gasteiger partial charge on any atom is 0.305 e. The fourth-order valence-corrected chi connectivity index (χ4v) is 5.37. The molecular weight excluding hydrogens is 496 g/mol. The summed E-state index contributed by atoms with van der Waals surface area (Å²) in [6, 6.07) is 28.0. The lowest BCUT2D eigenvalue weighted by atomic mass is 10.0. The van der Waals surface area contributed by atoms with Crippen LogP contribution in [0.1, 0.15) is 28.4 Å². The fourth-order valence-electron chi connectivity index (χ4n) is 4.69. The van der Waals surface area contributed by atoms with Crippen molar-refractivity contribution in [1.82, 2.24) is 14.5 Å². The van der Waals surface area contributed by atoms with Crippen LogP contribution in [0.15, 0.2) is 103 Å². The number of para-hydroxylation sites is 1. The SMILES string of the molecule is O=C(O)CC(c1ccccc1)n1cnc2cc(NC(=O)c3cc(-c4cccs4)nc4ccccc34)ccc21. The van der Waals surface area contributed by atoms with Gasteiger partial charge in [0.1, 0.15) is 0 Å². The van der Waals surface area contributed by atoms with Crippen molar-refractivity contribution in [2.24, 2.45) is 0 Å². The number of benzene rings is 3. The molecule has 0 aliphatic carbocycles. The maximum absolute atomic E-state index is 13.5. The van der Waals surface area contributed by atoms with Crippen LogP contribution in [0.25, 0.3) is 32.5 Å². The first-order valence-corrected chi connectivity index (χ1v) is 12.9. The number of fused-ring (bicyclic) bond motifs is 2. The van der Waals surface area contributed by atoms with E-state index in [0.29, 0.717) is 16.8 Å². The molecule has 6 rings (SSSR count). The van der Waals surface area contributed by atoms with Crippen molar-refractivity contribution in [3.8, 4) is 10.6 Å². The molecule has 0 bridgehead atoms. The number of aliphatic carboxylic acids is 1. The van der Waals surface area contributed by atoms with Crippen molar-refractivity contribution in [3.05, 3.63) is 114 Å². The highest BCUT2D eigenvalue weighted by molar-refractivity contribution is 7.13. The molecule has 3 aromatic heterocycles. The van der Waals surface area contributed by atoms with Gasteiger partial charge in [-0.05, 0) is 47.3 Å². The number of amides is 1. The van der Waals surface area contributed by atoms with E-state index in [1.165, 1.54) is 0 Å². The first-order valence-electron chi connectivity index (χ1n) is 12.0. The van der Waals surface area contributed by atoms with Gasteiger partial charge < -0.3 is 15.0 Å². The van der Waals surface area contributed by atoms with Crippen LogP contribution in [0.5, 0.6) is 0 Å². The van der Waals surface area contributed by atoms with Gasteiger partial charge in [0.05, 0.1) is 51.5 Å².